The fraction of sp³-hybridized carbons (Fsp3) is 1.00. The summed E-state index contributed by atoms with van der Waals surface area (Å²) in [6.45, 7) is 2.35. The van der Waals surface area contributed by atoms with Crippen LogP contribution in [-0.4, -0.2) is 27.0 Å². The maximum atomic E-state index is 3.68. The van der Waals surface area contributed by atoms with Gasteiger partial charge in [0.2, 0.25) is 0 Å². The number of halogens is 1. The van der Waals surface area contributed by atoms with Crippen LogP contribution < -0.4 is 0 Å². The predicted octanol–water partition coefficient (Wildman–Crippen LogP) is 3.47. The maximum absolute atomic E-state index is 3.68. The highest BCUT2D eigenvalue weighted by atomic mass is 79.9. The first kappa shape index (κ1) is 11.5. The molecule has 0 aromatic heterocycles. The minimum atomic E-state index is -0.190. The minimum Gasteiger partial charge on any atom is -0.307 e. The van der Waals surface area contributed by atoms with Crippen LogP contribution in [-0.2, 0) is 0 Å². The standard InChI is InChI=1S/C9H19Si.BrH.Mg/c1-3-6-10-7-4-9(2)5-8-10;;/h9-10H,2-8H2,1H3;1H;/q;;+1/p-1/t9-,10-;;. The lowest BCUT2D eigenvalue weighted by molar-refractivity contribution is 0.516. The highest BCUT2D eigenvalue weighted by Gasteiger charge is 2.20. The summed E-state index contributed by atoms with van der Waals surface area (Å²) in [5.74, 6) is 1.14. The molecule has 1 heterocycles. The molecule has 0 unspecified atom stereocenters. The average Bonchev–Trinajstić information content (AvgIpc) is 2.09. The third-order valence-corrected chi connectivity index (χ3v) is 9.28. The van der Waals surface area contributed by atoms with Gasteiger partial charge >= 0.3 is 18.2 Å². The summed E-state index contributed by atoms with van der Waals surface area (Å²) in [4.78, 5) is 0. The molecule has 68 valence electrons. The van der Waals surface area contributed by atoms with Gasteiger partial charge in [-0.05, 0) is 0 Å². The first-order chi connectivity index (χ1) is 5.86. The molecule has 0 aromatic carbocycles. The fourth-order valence-corrected chi connectivity index (χ4v) is 8.77. The van der Waals surface area contributed by atoms with E-state index in [0.717, 1.165) is 5.92 Å². The van der Waals surface area contributed by atoms with Gasteiger partial charge in [0.1, 0.15) is 0 Å². The number of hydrogen-bond acceptors (Lipinski definition) is 0. The van der Waals surface area contributed by atoms with Crippen molar-refractivity contribution in [1.82, 2.24) is 0 Å². The Morgan fingerprint density at radius 3 is 2.58 bits per heavy atom. The molecular formula is C9H19BrMgSi. The summed E-state index contributed by atoms with van der Waals surface area (Å²) >= 11 is 3.85. The first-order valence-electron chi connectivity index (χ1n) is 5.42. The van der Waals surface area contributed by atoms with Gasteiger partial charge in [0.15, 0.2) is 0 Å². The Morgan fingerprint density at radius 1 is 1.42 bits per heavy atom. The van der Waals surface area contributed by atoms with Gasteiger partial charge in [0.25, 0.3) is 0 Å². The predicted molar refractivity (Wildman–Crippen MR) is 64.1 cm³/mol. The van der Waals surface area contributed by atoms with Crippen molar-refractivity contribution in [3.63, 3.8) is 0 Å². The highest BCUT2D eigenvalue weighted by Crippen LogP contribution is 2.30. The van der Waals surface area contributed by atoms with E-state index in [1.807, 2.05) is 0 Å². The fourth-order valence-electron chi connectivity index (χ4n) is 2.37. The molecule has 0 atom stereocenters. The summed E-state index contributed by atoms with van der Waals surface area (Å²) in [5, 5.41) is 0. The summed E-state index contributed by atoms with van der Waals surface area (Å²) in [5.41, 5.74) is 0. The second-order valence-electron chi connectivity index (χ2n) is 4.15. The van der Waals surface area contributed by atoms with E-state index in [2.05, 4.69) is 19.8 Å². The maximum Gasteiger partial charge on any atom is 0.468 e. The van der Waals surface area contributed by atoms with Crippen LogP contribution in [0.4, 0.5) is 0 Å². The second kappa shape index (κ2) is 6.85. The molecule has 0 bridgehead atoms. The van der Waals surface area contributed by atoms with E-state index in [9.17, 15) is 0 Å². The molecule has 0 aliphatic carbocycles. The Morgan fingerprint density at radius 2 is 2.08 bits per heavy atom. The van der Waals surface area contributed by atoms with Crippen LogP contribution in [0.3, 0.4) is 0 Å². The van der Waals surface area contributed by atoms with E-state index >= 15 is 0 Å². The Kier molecular flexibility index (Phi) is 6.59. The molecule has 12 heavy (non-hydrogen) atoms. The quantitative estimate of drug-likeness (QED) is 0.678. The first-order valence-corrected chi connectivity index (χ1v) is 12.8. The monoisotopic (exact) mass is 258 g/mol. The molecule has 1 aliphatic rings. The lowest BCUT2D eigenvalue weighted by Gasteiger charge is -2.27. The average molecular weight is 260 g/mol. The summed E-state index contributed by atoms with van der Waals surface area (Å²) in [6.07, 6.45) is 4.64. The molecule has 3 heteroatoms. The topological polar surface area (TPSA) is 0 Å². The van der Waals surface area contributed by atoms with Gasteiger partial charge in [0, 0.05) is 8.80 Å². The van der Waals surface area contributed by atoms with Gasteiger partial charge in [-0.3, -0.25) is 0 Å². The highest BCUT2D eigenvalue weighted by molar-refractivity contribution is 9.23. The van der Waals surface area contributed by atoms with Crippen molar-refractivity contribution in [1.29, 1.82) is 0 Å². The van der Waals surface area contributed by atoms with Crippen LogP contribution in [0.2, 0.25) is 22.7 Å². The second-order valence-corrected chi connectivity index (χ2v) is 11.0. The zero-order chi connectivity index (χ0) is 8.81. The zero-order valence-corrected chi connectivity index (χ0v) is 12.3. The molecular weight excluding hydrogens is 240 g/mol. The van der Waals surface area contributed by atoms with Crippen molar-refractivity contribution in [2.75, 3.05) is 0 Å². The van der Waals surface area contributed by atoms with Gasteiger partial charge in [-0.2, -0.15) is 0 Å². The Bertz CT molecular complexity index is 99.1. The van der Waals surface area contributed by atoms with E-state index in [1.54, 1.807) is 35.5 Å². The number of hydrogen-bond donors (Lipinski definition) is 0. The summed E-state index contributed by atoms with van der Waals surface area (Å²) < 4.78 is 1.56. The SMILES string of the molecule is CCC[Si@H]1CC[C@H]([CH2][Mg][Br])CC1. The van der Waals surface area contributed by atoms with Crippen molar-refractivity contribution in [2.45, 2.75) is 48.9 Å². The molecule has 1 rings (SSSR count). The lowest BCUT2D eigenvalue weighted by Crippen LogP contribution is -2.21. The van der Waals surface area contributed by atoms with Gasteiger partial charge in [-0.15, -0.1) is 4.55 Å². The van der Waals surface area contributed by atoms with E-state index in [0.29, 0.717) is 0 Å². The molecule has 0 aromatic rings. The van der Waals surface area contributed by atoms with Crippen molar-refractivity contribution in [3.05, 3.63) is 0 Å². The molecule has 0 radical (unpaired) electrons. The van der Waals surface area contributed by atoms with Crippen LogP contribution in [0.25, 0.3) is 0 Å². The van der Waals surface area contributed by atoms with E-state index in [1.165, 1.54) is 6.42 Å². The van der Waals surface area contributed by atoms with Crippen molar-refractivity contribution < 1.29 is 0 Å². The molecule has 1 saturated heterocycles. The van der Waals surface area contributed by atoms with Crippen LogP contribution >= 0.6 is 12.9 Å². The van der Waals surface area contributed by atoms with Gasteiger partial charge in [0.05, 0.1) is 0 Å². The minimum absolute atomic E-state index is 0.169. The van der Waals surface area contributed by atoms with Gasteiger partial charge < -0.3 is 12.9 Å². The molecule has 0 nitrogen and oxygen atoms in total. The van der Waals surface area contributed by atoms with E-state index < -0.39 is 0 Å². The normalized spacial score (nSPS) is 29.8. The van der Waals surface area contributed by atoms with Crippen LogP contribution in [0.1, 0.15) is 26.2 Å². The van der Waals surface area contributed by atoms with Gasteiger partial charge in [-0.1, -0.05) is 50.2 Å². The number of rotatable bonds is 4. The van der Waals surface area contributed by atoms with E-state index in [-0.39, 0.29) is 27.0 Å². The van der Waals surface area contributed by atoms with Crippen LogP contribution in [0.15, 0.2) is 0 Å². The van der Waals surface area contributed by atoms with Crippen LogP contribution in [0.5, 0.6) is 0 Å². The van der Waals surface area contributed by atoms with Crippen molar-refractivity contribution >= 4 is 39.9 Å². The Balaban J connectivity index is 2.11. The molecule has 0 N–H and O–H groups in total. The van der Waals surface area contributed by atoms with Crippen molar-refractivity contribution in [3.8, 4) is 0 Å². The smallest absolute Gasteiger partial charge is 0.307 e. The van der Waals surface area contributed by atoms with Gasteiger partial charge in [-0.25, -0.2) is 0 Å². The molecule has 1 aliphatic heterocycles. The third-order valence-electron chi connectivity index (χ3n) is 3.18. The summed E-state index contributed by atoms with van der Waals surface area (Å²) in [6, 6.07) is 4.96. The lowest BCUT2D eigenvalue weighted by atomic mass is 10.1. The third kappa shape index (κ3) is 4.12. The largest absolute Gasteiger partial charge is 0.468 e. The Hall–Kier alpha value is 1.46. The van der Waals surface area contributed by atoms with Crippen molar-refractivity contribution in [2.24, 2.45) is 5.92 Å². The van der Waals surface area contributed by atoms with Crippen LogP contribution in [0, 0.1) is 5.92 Å². The molecule has 0 spiro atoms. The molecule has 0 saturated carbocycles. The Labute approximate surface area is 94.1 Å². The summed E-state index contributed by atoms with van der Waals surface area (Å²) in [7, 11) is -0.190. The zero-order valence-electron chi connectivity index (χ0n) is 8.19. The van der Waals surface area contributed by atoms with E-state index in [4.69, 9.17) is 0 Å². The molecule has 0 amide bonds. The molecule has 1 fully saturated rings.